The third-order valence-corrected chi connectivity index (χ3v) is 3.08. The van der Waals surface area contributed by atoms with Gasteiger partial charge in [0.05, 0.1) is 4.92 Å². The lowest BCUT2D eigenvalue weighted by molar-refractivity contribution is -0.385. The molecule has 1 aliphatic heterocycles. The van der Waals surface area contributed by atoms with E-state index >= 15 is 0 Å². The first kappa shape index (κ1) is 17.2. The fraction of sp³-hybridized carbons (Fsp3) is 0.462. The van der Waals surface area contributed by atoms with Gasteiger partial charge in [-0.2, -0.15) is 0 Å². The van der Waals surface area contributed by atoms with Crippen molar-refractivity contribution in [1.29, 1.82) is 0 Å². The largest absolute Gasteiger partial charge is 0.477 e. The number of nitrogens with one attached hydrogen (secondary N) is 2. The van der Waals surface area contributed by atoms with Crippen molar-refractivity contribution in [2.24, 2.45) is 0 Å². The molecule has 0 bridgehead atoms. The number of nitrogens with zero attached hydrogens (tertiary/aromatic N) is 1. The molecular weight excluding hydrogens is 298 g/mol. The summed E-state index contributed by atoms with van der Waals surface area (Å²) in [6.07, 6.45) is 1.96. The molecule has 1 heterocycles. The van der Waals surface area contributed by atoms with Gasteiger partial charge in [-0.05, 0) is 25.5 Å². The molecule has 0 spiro atoms. The minimum absolute atomic E-state index is 0. The van der Waals surface area contributed by atoms with Gasteiger partial charge < -0.3 is 15.4 Å². The normalized spacial score (nSPS) is 17.4. The summed E-state index contributed by atoms with van der Waals surface area (Å²) in [6.45, 7) is 1.50. The van der Waals surface area contributed by atoms with Gasteiger partial charge in [-0.1, -0.05) is 12.1 Å². The van der Waals surface area contributed by atoms with Gasteiger partial charge in [0.25, 0.3) is 5.91 Å². The highest BCUT2D eigenvalue weighted by Gasteiger charge is 2.18. The molecule has 21 heavy (non-hydrogen) atoms. The first-order valence-electron chi connectivity index (χ1n) is 6.53. The Kier molecular flexibility index (Phi) is 6.90. The number of hydrogen-bond donors (Lipinski definition) is 2. The first-order valence-corrected chi connectivity index (χ1v) is 6.53. The molecule has 1 fully saturated rings. The number of amides is 1. The summed E-state index contributed by atoms with van der Waals surface area (Å²) >= 11 is 0. The van der Waals surface area contributed by atoms with E-state index in [1.807, 2.05) is 0 Å². The van der Waals surface area contributed by atoms with Crippen molar-refractivity contribution < 1.29 is 14.5 Å². The smallest absolute Gasteiger partial charge is 0.310 e. The van der Waals surface area contributed by atoms with E-state index < -0.39 is 4.92 Å². The molecule has 0 saturated carbocycles. The lowest BCUT2D eigenvalue weighted by Crippen LogP contribution is -2.47. The van der Waals surface area contributed by atoms with E-state index in [9.17, 15) is 14.9 Å². The second kappa shape index (κ2) is 8.43. The first-order chi connectivity index (χ1) is 9.66. The molecule has 0 aliphatic carbocycles. The average Bonchev–Trinajstić information content (AvgIpc) is 2.46. The number of ether oxygens (including phenoxy) is 1. The second-order valence-electron chi connectivity index (χ2n) is 4.62. The van der Waals surface area contributed by atoms with Gasteiger partial charge in [-0.3, -0.25) is 14.9 Å². The van der Waals surface area contributed by atoms with Crippen LogP contribution in [0.15, 0.2) is 24.3 Å². The number of carbonyl (C=O) groups is 1. The highest BCUT2D eigenvalue weighted by molar-refractivity contribution is 5.85. The molecule has 1 atom stereocenters. The lowest BCUT2D eigenvalue weighted by atomic mass is 10.1. The van der Waals surface area contributed by atoms with Gasteiger partial charge in [0.1, 0.15) is 0 Å². The number of carbonyl (C=O) groups excluding carboxylic acids is 1. The molecule has 1 aromatic carbocycles. The Bertz CT molecular complexity index is 492. The molecule has 2 N–H and O–H groups in total. The number of rotatable bonds is 5. The van der Waals surface area contributed by atoms with Gasteiger partial charge in [0, 0.05) is 18.7 Å². The van der Waals surface area contributed by atoms with Crippen LogP contribution in [0.4, 0.5) is 5.69 Å². The molecule has 7 nitrogen and oxygen atoms in total. The minimum Gasteiger partial charge on any atom is -0.477 e. The Morgan fingerprint density at radius 2 is 2.24 bits per heavy atom. The third kappa shape index (κ3) is 5.20. The Morgan fingerprint density at radius 3 is 2.90 bits per heavy atom. The second-order valence-corrected chi connectivity index (χ2v) is 4.62. The quantitative estimate of drug-likeness (QED) is 0.630. The van der Waals surface area contributed by atoms with E-state index in [4.69, 9.17) is 4.74 Å². The third-order valence-electron chi connectivity index (χ3n) is 3.08. The zero-order valence-electron chi connectivity index (χ0n) is 11.4. The molecule has 1 aliphatic rings. The van der Waals surface area contributed by atoms with Crippen LogP contribution in [0.2, 0.25) is 0 Å². The summed E-state index contributed by atoms with van der Waals surface area (Å²) in [5.41, 5.74) is -0.139. The molecule has 1 amide bonds. The molecule has 0 aromatic heterocycles. The monoisotopic (exact) mass is 315 g/mol. The fourth-order valence-corrected chi connectivity index (χ4v) is 2.12. The summed E-state index contributed by atoms with van der Waals surface area (Å²) < 4.78 is 5.23. The van der Waals surface area contributed by atoms with Crippen LogP contribution in [0.5, 0.6) is 5.75 Å². The van der Waals surface area contributed by atoms with Crippen LogP contribution in [-0.2, 0) is 4.79 Å². The Morgan fingerprint density at radius 1 is 1.48 bits per heavy atom. The number of nitro benzene ring substituents is 1. The van der Waals surface area contributed by atoms with E-state index in [1.165, 1.54) is 12.1 Å². The van der Waals surface area contributed by atoms with Gasteiger partial charge in [-0.15, -0.1) is 12.4 Å². The lowest BCUT2D eigenvalue weighted by Gasteiger charge is -2.23. The molecule has 8 heteroatoms. The van der Waals surface area contributed by atoms with Gasteiger partial charge in [0.15, 0.2) is 12.4 Å². The van der Waals surface area contributed by atoms with Crippen LogP contribution in [0, 0.1) is 10.1 Å². The summed E-state index contributed by atoms with van der Waals surface area (Å²) in [6, 6.07) is 6.11. The van der Waals surface area contributed by atoms with Crippen LogP contribution >= 0.6 is 12.4 Å². The molecule has 0 radical (unpaired) electrons. The number of hydrogen-bond acceptors (Lipinski definition) is 5. The number of halogens is 1. The van der Waals surface area contributed by atoms with E-state index in [0.717, 1.165) is 25.9 Å². The Labute approximate surface area is 128 Å². The van der Waals surface area contributed by atoms with Crippen LogP contribution in [0.1, 0.15) is 12.8 Å². The minimum atomic E-state index is -0.529. The fourth-order valence-electron chi connectivity index (χ4n) is 2.12. The molecule has 2 rings (SSSR count). The number of piperidine rings is 1. The molecule has 1 saturated heterocycles. The van der Waals surface area contributed by atoms with Gasteiger partial charge >= 0.3 is 5.69 Å². The zero-order chi connectivity index (χ0) is 14.4. The maximum absolute atomic E-state index is 11.7. The number of para-hydroxylation sites is 2. The van der Waals surface area contributed by atoms with Crippen LogP contribution in [0.3, 0.4) is 0 Å². The topological polar surface area (TPSA) is 93.5 Å². The maximum Gasteiger partial charge on any atom is 0.310 e. The van der Waals surface area contributed by atoms with Crippen LogP contribution in [0.25, 0.3) is 0 Å². The van der Waals surface area contributed by atoms with E-state index in [1.54, 1.807) is 12.1 Å². The number of nitro groups is 1. The van der Waals surface area contributed by atoms with Crippen molar-refractivity contribution in [3.63, 3.8) is 0 Å². The Hall–Kier alpha value is -1.86. The van der Waals surface area contributed by atoms with Crippen molar-refractivity contribution in [3.05, 3.63) is 34.4 Å². The highest BCUT2D eigenvalue weighted by atomic mass is 35.5. The van der Waals surface area contributed by atoms with E-state index in [-0.39, 0.29) is 42.4 Å². The van der Waals surface area contributed by atoms with Crippen molar-refractivity contribution in [2.75, 3.05) is 19.7 Å². The van der Waals surface area contributed by atoms with Crippen molar-refractivity contribution in [3.8, 4) is 5.75 Å². The predicted molar refractivity (Wildman–Crippen MR) is 79.9 cm³/mol. The number of benzene rings is 1. The standard InChI is InChI=1S/C13H17N3O4.ClH/c17-13(15-10-4-3-7-14-8-10)9-20-12-6-2-1-5-11(12)16(18)19;/h1-2,5-6,10,14H,3-4,7-9H2,(H,15,17);1H. The average molecular weight is 316 g/mol. The van der Waals surface area contributed by atoms with E-state index in [0.29, 0.717) is 0 Å². The summed E-state index contributed by atoms with van der Waals surface area (Å²) in [4.78, 5) is 22.0. The van der Waals surface area contributed by atoms with Crippen LogP contribution in [-0.4, -0.2) is 36.6 Å². The van der Waals surface area contributed by atoms with Crippen molar-refractivity contribution >= 4 is 24.0 Å². The maximum atomic E-state index is 11.7. The summed E-state index contributed by atoms with van der Waals surface area (Å²) in [5, 5.41) is 16.8. The highest BCUT2D eigenvalue weighted by Crippen LogP contribution is 2.25. The Balaban J connectivity index is 0.00000220. The van der Waals surface area contributed by atoms with Gasteiger partial charge in [0.2, 0.25) is 0 Å². The molecule has 116 valence electrons. The SMILES string of the molecule is Cl.O=C(COc1ccccc1[N+](=O)[O-])NC1CCCNC1. The van der Waals surface area contributed by atoms with E-state index in [2.05, 4.69) is 10.6 Å². The predicted octanol–water partition coefficient (Wildman–Crippen LogP) is 1.26. The van der Waals surface area contributed by atoms with Crippen LogP contribution < -0.4 is 15.4 Å². The molecule has 1 aromatic rings. The zero-order valence-corrected chi connectivity index (χ0v) is 12.2. The molecular formula is C13H18ClN3O4. The summed E-state index contributed by atoms with van der Waals surface area (Å²) in [5.74, 6) is -0.161. The van der Waals surface area contributed by atoms with Crippen molar-refractivity contribution in [2.45, 2.75) is 18.9 Å². The molecule has 1 unspecified atom stereocenters. The van der Waals surface area contributed by atoms with Crippen molar-refractivity contribution in [1.82, 2.24) is 10.6 Å². The summed E-state index contributed by atoms with van der Waals surface area (Å²) in [7, 11) is 0. The van der Waals surface area contributed by atoms with Gasteiger partial charge in [-0.25, -0.2) is 0 Å².